The summed E-state index contributed by atoms with van der Waals surface area (Å²) >= 11 is 0. The second-order valence-corrected chi connectivity index (χ2v) is 5.41. The Hall–Kier alpha value is -2.43. The molecule has 0 spiro atoms. The highest BCUT2D eigenvalue weighted by atomic mass is 16.6. The van der Waals surface area contributed by atoms with Gasteiger partial charge in [0, 0.05) is 18.0 Å². The van der Waals surface area contributed by atoms with Crippen molar-refractivity contribution in [1.82, 2.24) is 9.97 Å². The lowest BCUT2D eigenvalue weighted by Gasteiger charge is -2.19. The summed E-state index contributed by atoms with van der Waals surface area (Å²) in [5.41, 5.74) is 7.07. The molecular weight excluding hydrogens is 254 g/mol. The lowest BCUT2D eigenvalue weighted by molar-refractivity contribution is 0.00696. The Morgan fingerprint density at radius 2 is 1.80 bits per heavy atom. The van der Waals surface area contributed by atoms with Crippen LogP contribution in [0, 0.1) is 0 Å². The number of hydrogen-bond acceptors (Lipinski definition) is 5. The number of carbonyl (C=O) groups is 1. The van der Waals surface area contributed by atoms with E-state index in [1.54, 1.807) is 30.6 Å². The maximum Gasteiger partial charge on any atom is 0.338 e. The number of carbonyl (C=O) groups excluding carboxylic acids is 1. The van der Waals surface area contributed by atoms with Crippen LogP contribution in [0.5, 0.6) is 0 Å². The fraction of sp³-hybridized carbons (Fsp3) is 0.267. The number of rotatable bonds is 2. The van der Waals surface area contributed by atoms with Crippen LogP contribution in [0.4, 0.5) is 5.95 Å². The van der Waals surface area contributed by atoms with Gasteiger partial charge >= 0.3 is 5.97 Å². The predicted octanol–water partition coefficient (Wildman–Crippen LogP) is 2.68. The number of esters is 1. The molecule has 2 N–H and O–H groups in total. The van der Waals surface area contributed by atoms with Crippen LogP contribution in [0.3, 0.4) is 0 Å². The monoisotopic (exact) mass is 271 g/mol. The molecule has 20 heavy (non-hydrogen) atoms. The molecule has 0 aliphatic rings. The summed E-state index contributed by atoms with van der Waals surface area (Å²) in [5.74, 6) is -0.132. The van der Waals surface area contributed by atoms with E-state index in [4.69, 9.17) is 10.5 Å². The van der Waals surface area contributed by atoms with Crippen molar-refractivity contribution in [3.05, 3.63) is 42.2 Å². The quantitative estimate of drug-likeness (QED) is 0.849. The van der Waals surface area contributed by atoms with Crippen molar-refractivity contribution >= 4 is 11.9 Å². The molecule has 0 fully saturated rings. The lowest BCUT2D eigenvalue weighted by Crippen LogP contribution is -2.23. The average molecular weight is 271 g/mol. The number of aromatic nitrogens is 2. The summed E-state index contributed by atoms with van der Waals surface area (Å²) in [4.78, 5) is 19.9. The first kappa shape index (κ1) is 14.0. The molecule has 0 saturated heterocycles. The average Bonchev–Trinajstić information content (AvgIpc) is 2.38. The Morgan fingerprint density at radius 1 is 1.15 bits per heavy atom. The van der Waals surface area contributed by atoms with Gasteiger partial charge in [0.1, 0.15) is 5.60 Å². The van der Waals surface area contributed by atoms with Crippen LogP contribution in [-0.2, 0) is 4.74 Å². The molecule has 0 amide bonds. The molecule has 5 heteroatoms. The number of hydrogen-bond donors (Lipinski definition) is 1. The van der Waals surface area contributed by atoms with E-state index in [2.05, 4.69) is 9.97 Å². The smallest absolute Gasteiger partial charge is 0.338 e. The second kappa shape index (κ2) is 5.28. The molecule has 0 bridgehead atoms. The van der Waals surface area contributed by atoms with Gasteiger partial charge in [0.15, 0.2) is 0 Å². The maximum atomic E-state index is 12.0. The van der Waals surface area contributed by atoms with Gasteiger partial charge in [-0.25, -0.2) is 14.8 Å². The van der Waals surface area contributed by atoms with Gasteiger partial charge in [-0.05, 0) is 38.5 Å². The van der Waals surface area contributed by atoms with Gasteiger partial charge in [0.25, 0.3) is 0 Å². The van der Waals surface area contributed by atoms with Gasteiger partial charge in [0.2, 0.25) is 5.95 Å². The molecule has 1 heterocycles. The van der Waals surface area contributed by atoms with Crippen molar-refractivity contribution in [2.24, 2.45) is 0 Å². The van der Waals surface area contributed by atoms with Gasteiger partial charge in [0.05, 0.1) is 5.56 Å². The van der Waals surface area contributed by atoms with Gasteiger partial charge < -0.3 is 10.5 Å². The van der Waals surface area contributed by atoms with E-state index in [1.807, 2.05) is 26.8 Å². The summed E-state index contributed by atoms with van der Waals surface area (Å²) in [6.07, 6.45) is 3.24. The second-order valence-electron chi connectivity index (χ2n) is 5.41. The van der Waals surface area contributed by atoms with Gasteiger partial charge in [-0.1, -0.05) is 12.1 Å². The third kappa shape index (κ3) is 3.54. The van der Waals surface area contributed by atoms with Crippen molar-refractivity contribution in [2.45, 2.75) is 26.4 Å². The number of nitrogens with zero attached hydrogens (tertiary/aromatic N) is 2. The zero-order chi connectivity index (χ0) is 14.8. The number of nitrogens with two attached hydrogens (primary N) is 1. The molecular formula is C15H17N3O2. The van der Waals surface area contributed by atoms with Gasteiger partial charge in [-0.3, -0.25) is 0 Å². The van der Waals surface area contributed by atoms with E-state index in [0.717, 1.165) is 11.1 Å². The van der Waals surface area contributed by atoms with Crippen LogP contribution < -0.4 is 5.73 Å². The fourth-order valence-corrected chi connectivity index (χ4v) is 1.65. The highest BCUT2D eigenvalue weighted by Crippen LogP contribution is 2.20. The number of anilines is 1. The normalized spacial score (nSPS) is 11.2. The molecule has 0 atom stereocenters. The van der Waals surface area contributed by atoms with E-state index < -0.39 is 5.60 Å². The molecule has 0 unspecified atom stereocenters. The van der Waals surface area contributed by atoms with E-state index in [-0.39, 0.29) is 11.9 Å². The van der Waals surface area contributed by atoms with E-state index in [9.17, 15) is 4.79 Å². The van der Waals surface area contributed by atoms with Crippen LogP contribution >= 0.6 is 0 Å². The molecule has 5 nitrogen and oxygen atoms in total. The Kier molecular flexibility index (Phi) is 3.70. The van der Waals surface area contributed by atoms with Crippen LogP contribution in [0.1, 0.15) is 31.1 Å². The largest absolute Gasteiger partial charge is 0.456 e. The number of benzene rings is 1. The number of ether oxygens (including phenoxy) is 1. The molecule has 0 aliphatic heterocycles. The zero-order valence-corrected chi connectivity index (χ0v) is 11.8. The van der Waals surface area contributed by atoms with Crippen molar-refractivity contribution < 1.29 is 9.53 Å². The topological polar surface area (TPSA) is 78.1 Å². The van der Waals surface area contributed by atoms with Crippen LogP contribution in [0.25, 0.3) is 11.1 Å². The van der Waals surface area contributed by atoms with E-state index in [1.165, 1.54) is 0 Å². The first-order valence-electron chi connectivity index (χ1n) is 6.26. The molecule has 2 rings (SSSR count). The minimum atomic E-state index is -0.516. The Morgan fingerprint density at radius 3 is 2.40 bits per heavy atom. The van der Waals surface area contributed by atoms with E-state index in [0.29, 0.717) is 5.56 Å². The van der Waals surface area contributed by atoms with Crippen molar-refractivity contribution in [3.8, 4) is 11.1 Å². The summed E-state index contributed by atoms with van der Waals surface area (Å²) in [6.45, 7) is 5.51. The van der Waals surface area contributed by atoms with Gasteiger partial charge in [-0.2, -0.15) is 0 Å². The molecule has 1 aromatic heterocycles. The standard InChI is InChI=1S/C15H17N3O2/c1-15(2,3)20-13(19)11-6-4-5-10(7-11)12-8-17-14(16)18-9-12/h4-9H,1-3H3,(H2,16,17,18). The first-order chi connectivity index (χ1) is 9.35. The molecule has 2 aromatic rings. The first-order valence-corrected chi connectivity index (χ1v) is 6.26. The molecule has 0 aliphatic carbocycles. The van der Waals surface area contributed by atoms with Crippen molar-refractivity contribution in [2.75, 3.05) is 5.73 Å². The third-order valence-corrected chi connectivity index (χ3v) is 2.50. The summed E-state index contributed by atoms with van der Waals surface area (Å²) in [6, 6.07) is 7.15. The minimum absolute atomic E-state index is 0.219. The highest BCUT2D eigenvalue weighted by molar-refractivity contribution is 5.91. The number of nitrogen functional groups attached to an aromatic ring is 1. The summed E-state index contributed by atoms with van der Waals surface area (Å²) in [5, 5.41) is 0. The summed E-state index contributed by atoms with van der Waals surface area (Å²) in [7, 11) is 0. The lowest BCUT2D eigenvalue weighted by atomic mass is 10.1. The Balaban J connectivity index is 2.28. The maximum absolute atomic E-state index is 12.0. The van der Waals surface area contributed by atoms with Crippen LogP contribution in [-0.4, -0.2) is 21.5 Å². The Bertz CT molecular complexity index is 616. The predicted molar refractivity (Wildman–Crippen MR) is 77.0 cm³/mol. The van der Waals surface area contributed by atoms with E-state index >= 15 is 0 Å². The molecule has 104 valence electrons. The zero-order valence-electron chi connectivity index (χ0n) is 11.8. The highest BCUT2D eigenvalue weighted by Gasteiger charge is 2.18. The minimum Gasteiger partial charge on any atom is -0.456 e. The SMILES string of the molecule is CC(C)(C)OC(=O)c1cccc(-c2cnc(N)nc2)c1. The Labute approximate surface area is 117 Å². The van der Waals surface area contributed by atoms with Gasteiger partial charge in [-0.15, -0.1) is 0 Å². The van der Waals surface area contributed by atoms with Crippen LogP contribution in [0.15, 0.2) is 36.7 Å². The van der Waals surface area contributed by atoms with Crippen LogP contribution in [0.2, 0.25) is 0 Å². The summed E-state index contributed by atoms with van der Waals surface area (Å²) < 4.78 is 5.34. The van der Waals surface area contributed by atoms with Crippen molar-refractivity contribution in [1.29, 1.82) is 0 Å². The molecule has 1 aromatic carbocycles. The molecule has 0 saturated carbocycles. The molecule has 0 radical (unpaired) electrons. The fourth-order valence-electron chi connectivity index (χ4n) is 1.65. The third-order valence-electron chi connectivity index (χ3n) is 2.50. The van der Waals surface area contributed by atoms with Crippen molar-refractivity contribution in [3.63, 3.8) is 0 Å².